The number of nitro benzene ring substituents is 1. The summed E-state index contributed by atoms with van der Waals surface area (Å²) in [6, 6.07) is 16.7. The van der Waals surface area contributed by atoms with Crippen LogP contribution in [0, 0.1) is 10.1 Å². The Balaban J connectivity index is 1.89. The van der Waals surface area contributed by atoms with Gasteiger partial charge in [-0.05, 0) is 41.3 Å². The number of anilines is 2. The van der Waals surface area contributed by atoms with Crippen molar-refractivity contribution in [1.82, 2.24) is 0 Å². The summed E-state index contributed by atoms with van der Waals surface area (Å²) < 4.78 is 33.6. The number of benzene rings is 3. The van der Waals surface area contributed by atoms with Crippen molar-refractivity contribution in [3.63, 3.8) is 0 Å². The number of hydrogen-bond donors (Lipinski definition) is 2. The van der Waals surface area contributed by atoms with Gasteiger partial charge in [-0.2, -0.15) is 0 Å². The van der Waals surface area contributed by atoms with Gasteiger partial charge >= 0.3 is 0 Å². The van der Waals surface area contributed by atoms with Crippen LogP contribution >= 0.6 is 0 Å². The fraction of sp³-hybridized carbons (Fsp3) is 0.208. The minimum absolute atomic E-state index is 0.0569. The molecule has 0 saturated heterocycles. The number of nitrogens with one attached hydrogen (secondary N) is 2. The molecule has 0 spiro atoms. The summed E-state index contributed by atoms with van der Waals surface area (Å²) in [5.74, 6) is -0.474. The van der Waals surface area contributed by atoms with Crippen molar-refractivity contribution in [2.45, 2.75) is 31.1 Å². The first kappa shape index (κ1) is 24.7. The number of carbonyl (C=O) groups excluding carboxylic acids is 1. The minimum Gasteiger partial charge on any atom is -0.495 e. The van der Waals surface area contributed by atoms with Gasteiger partial charge in [-0.1, -0.05) is 45.0 Å². The van der Waals surface area contributed by atoms with Crippen molar-refractivity contribution in [2.24, 2.45) is 0 Å². The molecule has 0 aliphatic carbocycles. The molecule has 3 aromatic carbocycles. The lowest BCUT2D eigenvalue weighted by molar-refractivity contribution is -0.385. The van der Waals surface area contributed by atoms with Crippen molar-refractivity contribution in [3.8, 4) is 5.75 Å². The van der Waals surface area contributed by atoms with E-state index in [1.54, 1.807) is 30.3 Å². The first-order chi connectivity index (χ1) is 15.9. The van der Waals surface area contributed by atoms with Gasteiger partial charge in [0.2, 0.25) is 0 Å². The van der Waals surface area contributed by atoms with E-state index in [0.29, 0.717) is 5.56 Å². The molecule has 9 nitrogen and oxygen atoms in total. The number of ether oxygens (including phenoxy) is 1. The minimum atomic E-state index is -4.29. The molecular weight excluding hydrogens is 458 g/mol. The summed E-state index contributed by atoms with van der Waals surface area (Å²) in [5, 5.41) is 13.8. The highest BCUT2D eigenvalue weighted by atomic mass is 32.2. The van der Waals surface area contributed by atoms with Crippen LogP contribution < -0.4 is 14.8 Å². The lowest BCUT2D eigenvalue weighted by atomic mass is 9.87. The van der Waals surface area contributed by atoms with Crippen molar-refractivity contribution >= 4 is 33.0 Å². The van der Waals surface area contributed by atoms with Gasteiger partial charge in [0.05, 0.1) is 23.4 Å². The zero-order valence-corrected chi connectivity index (χ0v) is 20.0. The second-order valence-electron chi connectivity index (χ2n) is 8.52. The smallest absolute Gasteiger partial charge is 0.271 e. The van der Waals surface area contributed by atoms with Gasteiger partial charge in [-0.3, -0.25) is 19.6 Å². The zero-order chi connectivity index (χ0) is 25.1. The maximum atomic E-state index is 13.1. The van der Waals surface area contributed by atoms with E-state index in [-0.39, 0.29) is 22.5 Å². The maximum Gasteiger partial charge on any atom is 0.271 e. The molecule has 178 valence electrons. The number of sulfonamides is 1. The normalized spacial score (nSPS) is 11.5. The summed E-state index contributed by atoms with van der Waals surface area (Å²) in [6.45, 7) is 6.21. The van der Waals surface area contributed by atoms with Crippen LogP contribution in [0.5, 0.6) is 5.75 Å². The van der Waals surface area contributed by atoms with Crippen LogP contribution in [0.3, 0.4) is 0 Å². The highest BCUT2D eigenvalue weighted by Crippen LogP contribution is 2.32. The van der Waals surface area contributed by atoms with Crippen LogP contribution in [0.1, 0.15) is 36.7 Å². The number of methoxy groups -OCH3 is 1. The van der Waals surface area contributed by atoms with Gasteiger partial charge in [0.1, 0.15) is 10.6 Å². The Morgan fingerprint density at radius 2 is 1.59 bits per heavy atom. The number of para-hydroxylation sites is 2. The topological polar surface area (TPSA) is 128 Å². The summed E-state index contributed by atoms with van der Waals surface area (Å²) in [5.41, 5.74) is 1.33. The lowest BCUT2D eigenvalue weighted by Gasteiger charge is -2.19. The van der Waals surface area contributed by atoms with Gasteiger partial charge in [-0.15, -0.1) is 0 Å². The Labute approximate surface area is 198 Å². The van der Waals surface area contributed by atoms with Crippen LogP contribution in [-0.4, -0.2) is 26.4 Å². The molecule has 10 heteroatoms. The van der Waals surface area contributed by atoms with Crippen molar-refractivity contribution in [2.75, 3.05) is 17.1 Å². The molecular formula is C24H25N3O6S. The van der Waals surface area contributed by atoms with E-state index in [1.807, 2.05) is 12.1 Å². The molecule has 0 atom stereocenters. The van der Waals surface area contributed by atoms with E-state index < -0.39 is 31.4 Å². The Morgan fingerprint density at radius 3 is 2.15 bits per heavy atom. The van der Waals surface area contributed by atoms with E-state index in [2.05, 4.69) is 30.8 Å². The van der Waals surface area contributed by atoms with E-state index in [4.69, 9.17) is 4.74 Å². The molecule has 2 N–H and O–H groups in total. The molecule has 0 unspecified atom stereocenters. The second kappa shape index (κ2) is 9.52. The van der Waals surface area contributed by atoms with E-state index >= 15 is 0 Å². The number of hydrogen-bond acceptors (Lipinski definition) is 6. The van der Waals surface area contributed by atoms with Crippen molar-refractivity contribution < 1.29 is 22.9 Å². The Bertz CT molecular complexity index is 1330. The van der Waals surface area contributed by atoms with E-state index in [9.17, 15) is 23.3 Å². The SMILES string of the molecule is COc1ccc([N+](=O)[O-])cc1S(=O)(=O)Nc1ccccc1NC(=O)c1ccc(C(C)(C)C)cc1. The standard InChI is InChI=1S/C24H25N3O6S/c1-24(2,3)17-11-9-16(10-12-17)23(28)25-19-7-5-6-8-20(19)26-34(31,32)22-15-18(27(29)30)13-14-21(22)33-4/h5-15,26H,1-4H3,(H,25,28). The van der Waals surface area contributed by atoms with Gasteiger partial charge in [-0.25, -0.2) is 8.42 Å². The average molecular weight is 484 g/mol. The quantitative estimate of drug-likeness (QED) is 0.361. The first-order valence-corrected chi connectivity index (χ1v) is 11.8. The molecule has 0 radical (unpaired) electrons. The Hall–Kier alpha value is -3.92. The molecule has 34 heavy (non-hydrogen) atoms. The molecule has 1 amide bonds. The van der Waals surface area contributed by atoms with E-state index in [1.165, 1.54) is 19.2 Å². The van der Waals surface area contributed by atoms with Gasteiger partial charge in [0.25, 0.3) is 21.6 Å². The lowest BCUT2D eigenvalue weighted by Crippen LogP contribution is -2.18. The molecule has 0 heterocycles. The van der Waals surface area contributed by atoms with Gasteiger partial charge < -0.3 is 10.1 Å². The number of carbonyl (C=O) groups is 1. The fourth-order valence-electron chi connectivity index (χ4n) is 3.19. The average Bonchev–Trinajstić information content (AvgIpc) is 2.79. The third kappa shape index (κ3) is 5.52. The van der Waals surface area contributed by atoms with Crippen molar-refractivity contribution in [1.29, 1.82) is 0 Å². The van der Waals surface area contributed by atoms with Crippen LogP contribution in [0.4, 0.5) is 17.1 Å². The molecule has 0 fully saturated rings. The third-order valence-corrected chi connectivity index (χ3v) is 6.47. The molecule has 3 aromatic rings. The largest absolute Gasteiger partial charge is 0.495 e. The molecule has 0 saturated carbocycles. The molecule has 0 aliphatic rings. The highest BCUT2D eigenvalue weighted by Gasteiger charge is 2.24. The van der Waals surface area contributed by atoms with Crippen LogP contribution in [-0.2, 0) is 15.4 Å². The maximum absolute atomic E-state index is 13.1. The van der Waals surface area contributed by atoms with Gasteiger partial charge in [0, 0.05) is 17.7 Å². The number of rotatable bonds is 7. The summed E-state index contributed by atoms with van der Waals surface area (Å²) in [4.78, 5) is 22.8. The monoisotopic (exact) mass is 483 g/mol. The second-order valence-corrected chi connectivity index (χ2v) is 10.2. The molecule has 0 aromatic heterocycles. The first-order valence-electron chi connectivity index (χ1n) is 10.3. The molecule has 3 rings (SSSR count). The van der Waals surface area contributed by atoms with Crippen molar-refractivity contribution in [3.05, 3.63) is 88.0 Å². The zero-order valence-electron chi connectivity index (χ0n) is 19.2. The van der Waals surface area contributed by atoms with E-state index in [0.717, 1.165) is 17.7 Å². The fourth-order valence-corrected chi connectivity index (χ4v) is 4.46. The number of amides is 1. The molecule has 0 aliphatic heterocycles. The van der Waals surface area contributed by atoms with Crippen LogP contribution in [0.2, 0.25) is 0 Å². The van der Waals surface area contributed by atoms with Crippen LogP contribution in [0.15, 0.2) is 71.6 Å². The Kier molecular flexibility index (Phi) is 6.92. The molecule has 0 bridgehead atoms. The summed E-state index contributed by atoms with van der Waals surface area (Å²) in [6.07, 6.45) is 0. The Morgan fingerprint density at radius 1 is 0.971 bits per heavy atom. The predicted molar refractivity (Wildman–Crippen MR) is 130 cm³/mol. The summed E-state index contributed by atoms with van der Waals surface area (Å²) in [7, 11) is -3.02. The number of non-ortho nitro benzene ring substituents is 1. The number of nitro groups is 1. The summed E-state index contributed by atoms with van der Waals surface area (Å²) >= 11 is 0. The van der Waals surface area contributed by atoms with Crippen LogP contribution in [0.25, 0.3) is 0 Å². The predicted octanol–water partition coefficient (Wildman–Crippen LogP) is 4.95. The third-order valence-electron chi connectivity index (χ3n) is 5.08. The highest BCUT2D eigenvalue weighted by molar-refractivity contribution is 7.92. The number of nitrogens with zero attached hydrogens (tertiary/aromatic N) is 1. The van der Waals surface area contributed by atoms with Gasteiger partial charge in [0.15, 0.2) is 0 Å².